The lowest BCUT2D eigenvalue weighted by molar-refractivity contribution is 0.0525. The van der Waals surface area contributed by atoms with Gasteiger partial charge in [0.15, 0.2) is 0 Å². The van der Waals surface area contributed by atoms with Gasteiger partial charge in [-0.15, -0.1) is 0 Å². The highest BCUT2D eigenvalue weighted by Gasteiger charge is 2.15. The van der Waals surface area contributed by atoms with Gasteiger partial charge in [0.05, 0.1) is 22.2 Å². The van der Waals surface area contributed by atoms with Gasteiger partial charge < -0.3 is 4.74 Å². The molecule has 1 aromatic rings. The fourth-order valence-corrected chi connectivity index (χ4v) is 1.87. The van der Waals surface area contributed by atoms with Gasteiger partial charge in [-0.2, -0.15) is 5.26 Å². The number of nitrogens with zero attached hydrogens (tertiary/aromatic N) is 1. The van der Waals surface area contributed by atoms with Gasteiger partial charge in [0.2, 0.25) is 0 Å². The third-order valence-corrected chi connectivity index (χ3v) is 2.78. The molecule has 0 saturated heterocycles. The number of nitriles is 1. The highest BCUT2D eigenvalue weighted by atomic mass is 79.9. The van der Waals surface area contributed by atoms with Crippen LogP contribution in [0, 0.1) is 18.3 Å². The number of aryl methyl sites for hydroxylation is 1. The minimum absolute atomic E-state index is 0.320. The quantitative estimate of drug-likeness (QED) is 0.775. The molecule has 0 radical (unpaired) electrons. The van der Waals surface area contributed by atoms with Crippen LogP contribution in [0.2, 0.25) is 0 Å². The minimum Gasteiger partial charge on any atom is -0.462 e. The molecule has 15 heavy (non-hydrogen) atoms. The summed E-state index contributed by atoms with van der Waals surface area (Å²) in [5, 5.41) is 8.90. The summed E-state index contributed by atoms with van der Waals surface area (Å²) in [6.45, 7) is 3.88. The van der Waals surface area contributed by atoms with Crippen molar-refractivity contribution in [3.63, 3.8) is 0 Å². The van der Waals surface area contributed by atoms with E-state index in [0.29, 0.717) is 22.2 Å². The van der Waals surface area contributed by atoms with Crippen LogP contribution < -0.4 is 0 Å². The van der Waals surface area contributed by atoms with E-state index in [1.54, 1.807) is 19.1 Å². The van der Waals surface area contributed by atoms with Crippen molar-refractivity contribution in [1.29, 1.82) is 5.26 Å². The average molecular weight is 268 g/mol. The van der Waals surface area contributed by atoms with Gasteiger partial charge in [-0.05, 0) is 41.4 Å². The second kappa shape index (κ2) is 4.94. The zero-order valence-corrected chi connectivity index (χ0v) is 10.1. The van der Waals surface area contributed by atoms with E-state index in [1.165, 1.54) is 0 Å². The number of rotatable bonds is 2. The number of carbonyl (C=O) groups excluding carboxylic acids is 1. The van der Waals surface area contributed by atoms with Crippen molar-refractivity contribution >= 4 is 21.9 Å². The van der Waals surface area contributed by atoms with Crippen molar-refractivity contribution in [2.75, 3.05) is 6.61 Å². The monoisotopic (exact) mass is 267 g/mol. The number of halogens is 1. The van der Waals surface area contributed by atoms with E-state index < -0.39 is 5.97 Å². The molecule has 0 unspecified atom stereocenters. The molecule has 0 aliphatic heterocycles. The zero-order chi connectivity index (χ0) is 11.4. The molecule has 0 bridgehead atoms. The Labute approximate surface area is 96.8 Å². The lowest BCUT2D eigenvalue weighted by Crippen LogP contribution is -2.06. The number of benzene rings is 1. The first-order chi connectivity index (χ1) is 7.11. The molecular weight excluding hydrogens is 258 g/mol. The minimum atomic E-state index is -0.416. The van der Waals surface area contributed by atoms with Crippen molar-refractivity contribution < 1.29 is 9.53 Å². The Morgan fingerprint density at radius 2 is 2.27 bits per heavy atom. The SMILES string of the molecule is CCOC(=O)c1ccc(C)c(C#N)c1Br. The van der Waals surface area contributed by atoms with Crippen molar-refractivity contribution in [3.8, 4) is 6.07 Å². The Kier molecular flexibility index (Phi) is 3.87. The number of carbonyl (C=O) groups is 1. The number of ether oxygens (including phenoxy) is 1. The van der Waals surface area contributed by atoms with Crippen LogP contribution in [0.3, 0.4) is 0 Å². The van der Waals surface area contributed by atoms with Crippen molar-refractivity contribution in [1.82, 2.24) is 0 Å². The maximum absolute atomic E-state index is 11.5. The Hall–Kier alpha value is -1.34. The molecule has 0 N–H and O–H groups in total. The van der Waals surface area contributed by atoms with Gasteiger partial charge in [0.25, 0.3) is 0 Å². The van der Waals surface area contributed by atoms with Crippen molar-refractivity contribution in [2.45, 2.75) is 13.8 Å². The average Bonchev–Trinajstić information content (AvgIpc) is 2.18. The summed E-state index contributed by atoms with van der Waals surface area (Å²) < 4.78 is 5.37. The topological polar surface area (TPSA) is 50.1 Å². The molecule has 0 aliphatic rings. The van der Waals surface area contributed by atoms with E-state index in [-0.39, 0.29) is 0 Å². The van der Waals surface area contributed by atoms with Gasteiger partial charge in [-0.25, -0.2) is 4.79 Å². The molecule has 4 heteroatoms. The molecule has 0 amide bonds. The molecule has 1 rings (SSSR count). The molecule has 0 atom stereocenters. The fraction of sp³-hybridized carbons (Fsp3) is 0.273. The van der Waals surface area contributed by atoms with E-state index in [1.807, 2.05) is 13.0 Å². The maximum Gasteiger partial charge on any atom is 0.339 e. The standard InChI is InChI=1S/C11H10BrNO2/c1-3-15-11(14)8-5-4-7(2)9(6-13)10(8)12/h4-5H,3H2,1-2H3. The Morgan fingerprint density at radius 3 is 2.80 bits per heavy atom. The summed E-state index contributed by atoms with van der Waals surface area (Å²) in [5.41, 5.74) is 1.69. The first-order valence-electron chi connectivity index (χ1n) is 4.48. The van der Waals surface area contributed by atoms with E-state index in [2.05, 4.69) is 15.9 Å². The molecule has 0 fully saturated rings. The first kappa shape index (κ1) is 11.7. The smallest absolute Gasteiger partial charge is 0.339 e. The van der Waals surface area contributed by atoms with Gasteiger partial charge in [-0.1, -0.05) is 6.07 Å². The van der Waals surface area contributed by atoms with Crippen LogP contribution in [0.1, 0.15) is 28.4 Å². The van der Waals surface area contributed by atoms with Crippen LogP contribution >= 0.6 is 15.9 Å². The van der Waals surface area contributed by atoms with Crippen LogP contribution in [-0.2, 0) is 4.74 Å². The number of esters is 1. The molecule has 0 spiro atoms. The van der Waals surface area contributed by atoms with E-state index in [4.69, 9.17) is 10.00 Å². The highest BCUT2D eigenvalue weighted by Crippen LogP contribution is 2.24. The fourth-order valence-electron chi connectivity index (χ4n) is 1.18. The Balaban J connectivity index is 3.23. The van der Waals surface area contributed by atoms with Crippen molar-refractivity contribution in [3.05, 3.63) is 33.3 Å². The van der Waals surface area contributed by atoms with Gasteiger partial charge >= 0.3 is 5.97 Å². The molecule has 0 saturated carbocycles. The highest BCUT2D eigenvalue weighted by molar-refractivity contribution is 9.10. The second-order valence-electron chi connectivity index (χ2n) is 2.95. The lowest BCUT2D eigenvalue weighted by atomic mass is 10.1. The predicted octanol–water partition coefficient (Wildman–Crippen LogP) is 2.81. The third-order valence-electron chi connectivity index (χ3n) is 1.96. The Morgan fingerprint density at radius 1 is 1.60 bits per heavy atom. The largest absolute Gasteiger partial charge is 0.462 e. The molecule has 0 aliphatic carbocycles. The van der Waals surface area contributed by atoms with Crippen LogP contribution in [0.5, 0.6) is 0 Å². The van der Waals surface area contributed by atoms with E-state index >= 15 is 0 Å². The first-order valence-corrected chi connectivity index (χ1v) is 5.27. The molecule has 0 aromatic heterocycles. The summed E-state index contributed by atoms with van der Waals surface area (Å²) in [5.74, 6) is -0.416. The molecule has 78 valence electrons. The molecular formula is C11H10BrNO2. The lowest BCUT2D eigenvalue weighted by Gasteiger charge is -2.07. The molecule has 3 nitrogen and oxygen atoms in total. The van der Waals surface area contributed by atoms with Crippen LogP contribution in [0.15, 0.2) is 16.6 Å². The summed E-state index contributed by atoms with van der Waals surface area (Å²) in [6.07, 6.45) is 0. The normalized spacial score (nSPS) is 9.47. The number of hydrogen-bond donors (Lipinski definition) is 0. The number of hydrogen-bond acceptors (Lipinski definition) is 3. The van der Waals surface area contributed by atoms with Crippen LogP contribution in [0.4, 0.5) is 0 Å². The van der Waals surface area contributed by atoms with E-state index in [0.717, 1.165) is 5.56 Å². The van der Waals surface area contributed by atoms with Gasteiger partial charge in [0.1, 0.15) is 6.07 Å². The van der Waals surface area contributed by atoms with E-state index in [9.17, 15) is 4.79 Å². The third kappa shape index (κ3) is 2.37. The molecule has 1 aromatic carbocycles. The summed E-state index contributed by atoms with van der Waals surface area (Å²) in [7, 11) is 0. The van der Waals surface area contributed by atoms with Crippen LogP contribution in [0.25, 0.3) is 0 Å². The Bertz CT molecular complexity index is 435. The second-order valence-corrected chi connectivity index (χ2v) is 3.74. The summed E-state index contributed by atoms with van der Waals surface area (Å²) in [4.78, 5) is 11.5. The summed E-state index contributed by atoms with van der Waals surface area (Å²) in [6, 6.07) is 5.43. The maximum atomic E-state index is 11.5. The molecule has 0 heterocycles. The summed E-state index contributed by atoms with van der Waals surface area (Å²) >= 11 is 3.24. The zero-order valence-electron chi connectivity index (χ0n) is 8.50. The van der Waals surface area contributed by atoms with Gasteiger partial charge in [0, 0.05) is 0 Å². The predicted molar refractivity (Wildman–Crippen MR) is 59.6 cm³/mol. The van der Waals surface area contributed by atoms with Crippen LogP contribution in [-0.4, -0.2) is 12.6 Å². The van der Waals surface area contributed by atoms with Crippen molar-refractivity contribution in [2.24, 2.45) is 0 Å². The van der Waals surface area contributed by atoms with Gasteiger partial charge in [-0.3, -0.25) is 0 Å².